The lowest BCUT2D eigenvalue weighted by molar-refractivity contribution is 0.280. The molecule has 2 aliphatic heterocycles. The molecule has 5 heteroatoms. The molecule has 126 valence electrons. The van der Waals surface area contributed by atoms with E-state index in [1.54, 1.807) is 6.34 Å². The maximum absolute atomic E-state index is 4.79. The fraction of sp³-hybridized carbons (Fsp3) is 0.632. The molecule has 0 amide bonds. The minimum absolute atomic E-state index is 0.114. The summed E-state index contributed by atoms with van der Waals surface area (Å²) >= 11 is 0. The van der Waals surface area contributed by atoms with Gasteiger partial charge in [0.1, 0.15) is 12.2 Å². The van der Waals surface area contributed by atoms with Crippen LogP contribution in [-0.4, -0.2) is 22.0 Å². The fourth-order valence-electron chi connectivity index (χ4n) is 4.60. The third kappa shape index (κ3) is 2.60. The minimum Gasteiger partial charge on any atom is -0.350 e. The van der Waals surface area contributed by atoms with Crippen molar-refractivity contribution in [3.8, 4) is 0 Å². The zero-order valence-electron chi connectivity index (χ0n) is 14.0. The smallest absolute Gasteiger partial charge is 0.117 e. The molecule has 1 aromatic rings. The van der Waals surface area contributed by atoms with Crippen molar-refractivity contribution in [2.24, 2.45) is 27.7 Å². The van der Waals surface area contributed by atoms with Gasteiger partial charge in [-0.15, -0.1) is 0 Å². The van der Waals surface area contributed by atoms with Crippen LogP contribution in [0.25, 0.3) is 0 Å². The van der Waals surface area contributed by atoms with Crippen LogP contribution in [0.2, 0.25) is 0 Å². The standard InChI is InChI=1S/C19H25N5/c1-2-4-14(3-1)17(9-13-5-6-13)24-11-15(10-23-24)18-16-7-8-20-19(16)22-12-21-18/h7-8,10-14,16-18H,1-6,9H2,(H,20,21,22). The van der Waals surface area contributed by atoms with Gasteiger partial charge in [0, 0.05) is 11.8 Å². The normalized spacial score (nSPS) is 30.2. The maximum atomic E-state index is 4.79. The van der Waals surface area contributed by atoms with Gasteiger partial charge < -0.3 is 5.32 Å². The number of nitrogens with one attached hydrogen (secondary N) is 1. The van der Waals surface area contributed by atoms with Gasteiger partial charge >= 0.3 is 0 Å². The third-order valence-electron chi connectivity index (χ3n) is 6.13. The van der Waals surface area contributed by atoms with E-state index in [-0.39, 0.29) is 12.0 Å². The van der Waals surface area contributed by atoms with Crippen molar-refractivity contribution in [1.82, 2.24) is 15.1 Å². The van der Waals surface area contributed by atoms with Gasteiger partial charge in [0.25, 0.3) is 0 Å². The van der Waals surface area contributed by atoms with Crippen LogP contribution in [0.4, 0.5) is 0 Å². The Morgan fingerprint density at radius 1 is 1.21 bits per heavy atom. The summed E-state index contributed by atoms with van der Waals surface area (Å²) in [7, 11) is 0. The lowest BCUT2D eigenvalue weighted by atomic mass is 9.93. The van der Waals surface area contributed by atoms with Gasteiger partial charge in [0.05, 0.1) is 24.2 Å². The van der Waals surface area contributed by atoms with Crippen LogP contribution >= 0.6 is 0 Å². The van der Waals surface area contributed by atoms with E-state index in [2.05, 4.69) is 32.3 Å². The van der Waals surface area contributed by atoms with E-state index in [9.17, 15) is 0 Å². The van der Waals surface area contributed by atoms with E-state index >= 15 is 0 Å². The van der Waals surface area contributed by atoms with Gasteiger partial charge in [-0.25, -0.2) is 4.99 Å². The molecule has 3 unspecified atom stereocenters. The number of aliphatic imine (C=N–C) groups is 2. The fourth-order valence-corrected chi connectivity index (χ4v) is 4.60. The van der Waals surface area contributed by atoms with Gasteiger partial charge in [-0.3, -0.25) is 9.67 Å². The summed E-state index contributed by atoms with van der Waals surface area (Å²) in [5.74, 6) is 3.00. The average molecular weight is 323 g/mol. The summed E-state index contributed by atoms with van der Waals surface area (Å²) in [6.07, 6.45) is 19.8. The molecule has 24 heavy (non-hydrogen) atoms. The molecule has 5 rings (SSSR count). The van der Waals surface area contributed by atoms with Crippen LogP contribution in [0.5, 0.6) is 0 Å². The quantitative estimate of drug-likeness (QED) is 0.899. The Kier molecular flexibility index (Phi) is 3.53. The van der Waals surface area contributed by atoms with Gasteiger partial charge in [-0.2, -0.15) is 5.10 Å². The van der Waals surface area contributed by atoms with Crippen LogP contribution in [0.3, 0.4) is 0 Å². The Morgan fingerprint density at radius 3 is 2.92 bits per heavy atom. The monoisotopic (exact) mass is 323 g/mol. The van der Waals surface area contributed by atoms with E-state index in [0.717, 1.165) is 17.7 Å². The van der Waals surface area contributed by atoms with E-state index < -0.39 is 0 Å². The molecule has 0 saturated heterocycles. The molecule has 4 aliphatic rings. The first kappa shape index (κ1) is 14.4. The molecule has 3 atom stereocenters. The van der Waals surface area contributed by atoms with Crippen LogP contribution in [0.1, 0.15) is 62.6 Å². The highest BCUT2D eigenvalue weighted by atomic mass is 15.3. The van der Waals surface area contributed by atoms with Crippen molar-refractivity contribution in [2.45, 2.75) is 57.0 Å². The average Bonchev–Trinajstić information content (AvgIpc) is 3.09. The molecule has 0 bridgehead atoms. The number of hydrogen-bond acceptors (Lipinski definition) is 4. The summed E-state index contributed by atoms with van der Waals surface area (Å²) < 4.78 is 2.27. The molecule has 1 N–H and O–H groups in total. The number of nitrogens with zero attached hydrogens (tertiary/aromatic N) is 4. The SMILES string of the molecule is C1=CC2C(=NC=NC2c2cnn(C(CC3CC3)C3CCCC3)c2)N1. The van der Waals surface area contributed by atoms with Gasteiger partial charge in [-0.1, -0.05) is 31.8 Å². The number of amidine groups is 1. The number of hydrogen-bond donors (Lipinski definition) is 1. The Morgan fingerprint density at radius 2 is 2.08 bits per heavy atom. The predicted molar refractivity (Wildman–Crippen MR) is 95.0 cm³/mol. The second kappa shape index (κ2) is 5.87. The Bertz CT molecular complexity index is 690. The largest absolute Gasteiger partial charge is 0.350 e. The summed E-state index contributed by atoms with van der Waals surface area (Å²) in [5, 5.41) is 8.01. The van der Waals surface area contributed by atoms with Gasteiger partial charge in [0.2, 0.25) is 0 Å². The zero-order valence-corrected chi connectivity index (χ0v) is 14.0. The molecular weight excluding hydrogens is 298 g/mol. The topological polar surface area (TPSA) is 54.6 Å². The van der Waals surface area contributed by atoms with Crippen LogP contribution in [0.15, 0.2) is 34.7 Å². The highest BCUT2D eigenvalue weighted by Gasteiger charge is 2.35. The number of aromatic nitrogens is 2. The van der Waals surface area contributed by atoms with Gasteiger partial charge in [-0.05, 0) is 37.3 Å². The molecule has 2 aliphatic carbocycles. The Balaban J connectivity index is 1.39. The van der Waals surface area contributed by atoms with Crippen molar-refractivity contribution in [2.75, 3.05) is 0 Å². The molecule has 1 aromatic heterocycles. The van der Waals surface area contributed by atoms with Crippen LogP contribution < -0.4 is 5.32 Å². The van der Waals surface area contributed by atoms with Crippen molar-refractivity contribution < 1.29 is 0 Å². The summed E-state index contributed by atoms with van der Waals surface area (Å²) in [5.41, 5.74) is 1.22. The molecular formula is C19H25N5. The molecule has 3 heterocycles. The van der Waals surface area contributed by atoms with Crippen LogP contribution in [-0.2, 0) is 0 Å². The number of fused-ring (bicyclic) bond motifs is 1. The lowest BCUT2D eigenvalue weighted by Crippen LogP contribution is -2.26. The van der Waals surface area contributed by atoms with Crippen molar-refractivity contribution in [1.29, 1.82) is 0 Å². The first-order valence-corrected chi connectivity index (χ1v) is 9.45. The summed E-state index contributed by atoms with van der Waals surface area (Å²) in [4.78, 5) is 8.97. The highest BCUT2D eigenvalue weighted by Crippen LogP contribution is 2.44. The van der Waals surface area contributed by atoms with Crippen molar-refractivity contribution in [3.63, 3.8) is 0 Å². The van der Waals surface area contributed by atoms with E-state index in [0.29, 0.717) is 6.04 Å². The van der Waals surface area contributed by atoms with Crippen molar-refractivity contribution >= 4 is 12.2 Å². The molecule has 0 radical (unpaired) electrons. The molecule has 0 aromatic carbocycles. The second-order valence-electron chi connectivity index (χ2n) is 7.80. The van der Waals surface area contributed by atoms with E-state index in [1.165, 1.54) is 50.5 Å². The summed E-state index contributed by atoms with van der Waals surface area (Å²) in [6, 6.07) is 0.703. The first-order valence-electron chi connectivity index (χ1n) is 9.45. The Hall–Kier alpha value is -1.91. The van der Waals surface area contributed by atoms with Gasteiger partial charge in [0.15, 0.2) is 0 Å². The first-order chi connectivity index (χ1) is 11.9. The molecule has 5 nitrogen and oxygen atoms in total. The minimum atomic E-state index is 0.114. The lowest BCUT2D eigenvalue weighted by Gasteiger charge is -2.24. The summed E-state index contributed by atoms with van der Waals surface area (Å²) in [6.45, 7) is 0. The predicted octanol–water partition coefficient (Wildman–Crippen LogP) is 3.63. The number of rotatable bonds is 5. The maximum Gasteiger partial charge on any atom is 0.117 e. The molecule has 2 saturated carbocycles. The van der Waals surface area contributed by atoms with Crippen LogP contribution in [0, 0.1) is 17.8 Å². The zero-order chi connectivity index (χ0) is 15.9. The Labute approximate surface area is 143 Å². The molecule has 0 spiro atoms. The van der Waals surface area contributed by atoms with Crippen molar-refractivity contribution in [3.05, 3.63) is 30.2 Å². The second-order valence-corrected chi connectivity index (χ2v) is 7.80. The highest BCUT2D eigenvalue weighted by molar-refractivity contribution is 5.96. The molecule has 2 fully saturated rings. The third-order valence-corrected chi connectivity index (χ3v) is 6.13. The van der Waals surface area contributed by atoms with E-state index in [1.807, 2.05) is 12.4 Å². The van der Waals surface area contributed by atoms with E-state index in [4.69, 9.17) is 5.10 Å².